The van der Waals surface area contributed by atoms with E-state index in [1.54, 1.807) is 6.07 Å². The Morgan fingerprint density at radius 1 is 1.10 bits per heavy atom. The Balaban J connectivity index is 2.35. The number of hydrogen-bond donors (Lipinski definition) is 0. The van der Waals surface area contributed by atoms with Crippen molar-refractivity contribution in [1.82, 2.24) is 9.55 Å². The van der Waals surface area contributed by atoms with Gasteiger partial charge in [0.05, 0.1) is 26.5 Å². The fourth-order valence-electron chi connectivity index (χ4n) is 2.22. The number of hydrogen-bond acceptors (Lipinski definition) is 1. The van der Waals surface area contributed by atoms with E-state index in [9.17, 15) is 0 Å². The first kappa shape index (κ1) is 15.4. The molecule has 0 saturated heterocycles. The molecular weight excluding hydrogens is 441 g/mol. The number of rotatable bonds is 2. The van der Waals surface area contributed by atoms with E-state index in [1.807, 2.05) is 41.8 Å². The van der Waals surface area contributed by atoms with E-state index in [4.69, 9.17) is 34.8 Å². The lowest BCUT2D eigenvalue weighted by Crippen LogP contribution is -2.01. The first-order valence-electron chi connectivity index (χ1n) is 6.25. The minimum absolute atomic E-state index is 0.228. The first-order chi connectivity index (χ1) is 9.97. The van der Waals surface area contributed by atoms with Crippen LogP contribution in [0.5, 0.6) is 0 Å². The normalized spacial score (nSPS) is 12.8. The molecule has 0 fully saturated rings. The van der Waals surface area contributed by atoms with Gasteiger partial charge in [-0.05, 0) is 65.9 Å². The maximum absolute atomic E-state index is 6.29. The average molecular weight is 452 g/mol. The van der Waals surface area contributed by atoms with E-state index in [0.717, 1.165) is 22.5 Å². The van der Waals surface area contributed by atoms with Crippen LogP contribution in [-0.4, -0.2) is 9.55 Å². The number of benzene rings is 2. The van der Waals surface area contributed by atoms with Crippen molar-refractivity contribution in [3.05, 3.63) is 55.8 Å². The Hall–Kier alpha value is -0.490. The summed E-state index contributed by atoms with van der Waals surface area (Å²) < 4.78 is 3.19. The second-order valence-corrected chi connectivity index (χ2v) is 7.37. The van der Waals surface area contributed by atoms with Crippen molar-refractivity contribution in [2.45, 2.75) is 12.3 Å². The standard InChI is InChI=1S/C15H10Cl3IN2/c1-8(16)15-20-13-6-11(17)12(18)7-14(13)21(15)10-4-2-9(19)3-5-10/h2-8H,1H3. The van der Waals surface area contributed by atoms with Crippen LogP contribution in [0, 0.1) is 3.57 Å². The summed E-state index contributed by atoms with van der Waals surface area (Å²) in [5.41, 5.74) is 2.68. The molecule has 1 unspecified atom stereocenters. The van der Waals surface area contributed by atoms with Crippen LogP contribution in [0.25, 0.3) is 16.7 Å². The van der Waals surface area contributed by atoms with Crippen LogP contribution in [0.4, 0.5) is 0 Å². The minimum Gasteiger partial charge on any atom is -0.295 e. The van der Waals surface area contributed by atoms with Crippen molar-refractivity contribution in [1.29, 1.82) is 0 Å². The lowest BCUT2D eigenvalue weighted by Gasteiger charge is -2.11. The van der Waals surface area contributed by atoms with Gasteiger partial charge in [0.1, 0.15) is 5.82 Å². The van der Waals surface area contributed by atoms with Crippen molar-refractivity contribution in [3.8, 4) is 5.69 Å². The van der Waals surface area contributed by atoms with Gasteiger partial charge in [-0.25, -0.2) is 4.98 Å². The van der Waals surface area contributed by atoms with Gasteiger partial charge in [0.25, 0.3) is 0 Å². The van der Waals surface area contributed by atoms with Crippen LogP contribution in [0.2, 0.25) is 10.0 Å². The molecule has 0 aliphatic heterocycles. The number of nitrogens with zero attached hydrogens (tertiary/aromatic N) is 2. The van der Waals surface area contributed by atoms with Crippen LogP contribution >= 0.6 is 57.4 Å². The van der Waals surface area contributed by atoms with Crippen molar-refractivity contribution in [3.63, 3.8) is 0 Å². The third-order valence-corrected chi connectivity index (χ3v) is 4.80. The van der Waals surface area contributed by atoms with E-state index < -0.39 is 0 Å². The van der Waals surface area contributed by atoms with Gasteiger partial charge in [0, 0.05) is 9.26 Å². The van der Waals surface area contributed by atoms with Crippen molar-refractivity contribution < 1.29 is 0 Å². The molecule has 0 N–H and O–H groups in total. The number of alkyl halides is 1. The van der Waals surface area contributed by atoms with Crippen LogP contribution in [0.15, 0.2) is 36.4 Å². The smallest absolute Gasteiger partial charge is 0.132 e. The zero-order chi connectivity index (χ0) is 15.1. The molecule has 1 aromatic heterocycles. The molecule has 108 valence electrons. The summed E-state index contributed by atoms with van der Waals surface area (Å²) in [6, 6.07) is 11.8. The van der Waals surface area contributed by atoms with Gasteiger partial charge in [-0.1, -0.05) is 23.2 Å². The largest absolute Gasteiger partial charge is 0.295 e. The molecule has 0 aliphatic rings. The summed E-state index contributed by atoms with van der Waals surface area (Å²) in [7, 11) is 0. The predicted octanol–water partition coefficient (Wildman–Crippen LogP) is 6.24. The van der Waals surface area contributed by atoms with E-state index in [1.165, 1.54) is 3.57 Å². The molecular formula is C15H10Cl3IN2. The van der Waals surface area contributed by atoms with Crippen LogP contribution in [-0.2, 0) is 0 Å². The predicted molar refractivity (Wildman–Crippen MR) is 98.1 cm³/mol. The van der Waals surface area contributed by atoms with E-state index >= 15 is 0 Å². The Morgan fingerprint density at radius 2 is 1.71 bits per heavy atom. The molecule has 2 aromatic carbocycles. The summed E-state index contributed by atoms with van der Waals surface area (Å²) in [5.74, 6) is 0.770. The van der Waals surface area contributed by atoms with Crippen LogP contribution in [0.1, 0.15) is 18.1 Å². The lowest BCUT2D eigenvalue weighted by atomic mass is 10.2. The van der Waals surface area contributed by atoms with Crippen LogP contribution < -0.4 is 0 Å². The Morgan fingerprint density at radius 3 is 2.33 bits per heavy atom. The maximum atomic E-state index is 6.29. The topological polar surface area (TPSA) is 17.8 Å². The van der Waals surface area contributed by atoms with E-state index in [0.29, 0.717) is 10.0 Å². The van der Waals surface area contributed by atoms with E-state index in [-0.39, 0.29) is 5.38 Å². The molecule has 0 spiro atoms. The Kier molecular flexibility index (Phi) is 4.37. The Bertz CT molecular complexity index is 810. The molecule has 1 heterocycles. The van der Waals surface area contributed by atoms with Crippen molar-refractivity contribution >= 4 is 68.4 Å². The van der Waals surface area contributed by atoms with Gasteiger partial charge >= 0.3 is 0 Å². The Labute approximate surface area is 151 Å². The third kappa shape index (κ3) is 2.89. The second-order valence-electron chi connectivity index (χ2n) is 4.65. The van der Waals surface area contributed by atoms with Crippen molar-refractivity contribution in [2.75, 3.05) is 0 Å². The highest BCUT2D eigenvalue weighted by atomic mass is 127. The molecule has 0 aliphatic carbocycles. The monoisotopic (exact) mass is 450 g/mol. The molecule has 21 heavy (non-hydrogen) atoms. The fourth-order valence-corrected chi connectivity index (χ4v) is 3.04. The van der Waals surface area contributed by atoms with Gasteiger partial charge in [0.2, 0.25) is 0 Å². The highest BCUT2D eigenvalue weighted by Gasteiger charge is 2.17. The third-order valence-electron chi connectivity index (χ3n) is 3.16. The highest BCUT2D eigenvalue weighted by molar-refractivity contribution is 14.1. The zero-order valence-electron chi connectivity index (χ0n) is 10.9. The molecule has 0 saturated carbocycles. The summed E-state index contributed by atoms with van der Waals surface area (Å²) in [6.45, 7) is 1.90. The molecule has 6 heteroatoms. The number of imidazole rings is 1. The second kappa shape index (κ2) is 5.95. The zero-order valence-corrected chi connectivity index (χ0v) is 15.4. The highest BCUT2D eigenvalue weighted by Crippen LogP contribution is 2.33. The molecule has 0 radical (unpaired) electrons. The number of halogens is 4. The summed E-state index contributed by atoms with van der Waals surface area (Å²) in [4.78, 5) is 4.60. The first-order valence-corrected chi connectivity index (χ1v) is 8.52. The van der Waals surface area contributed by atoms with Crippen LogP contribution in [0.3, 0.4) is 0 Å². The van der Waals surface area contributed by atoms with E-state index in [2.05, 4.69) is 27.6 Å². The lowest BCUT2D eigenvalue weighted by molar-refractivity contribution is 0.882. The molecule has 2 nitrogen and oxygen atoms in total. The van der Waals surface area contributed by atoms with Gasteiger partial charge < -0.3 is 0 Å². The number of fused-ring (bicyclic) bond motifs is 1. The molecule has 0 bridgehead atoms. The summed E-state index contributed by atoms with van der Waals surface area (Å²) >= 11 is 20.8. The summed E-state index contributed by atoms with van der Waals surface area (Å²) in [5, 5.41) is 0.768. The van der Waals surface area contributed by atoms with Gasteiger partial charge in [-0.2, -0.15) is 0 Å². The molecule has 1 atom stereocenters. The van der Waals surface area contributed by atoms with Gasteiger partial charge in [0.15, 0.2) is 0 Å². The average Bonchev–Trinajstić information content (AvgIpc) is 2.79. The number of aromatic nitrogens is 2. The molecule has 3 aromatic rings. The maximum Gasteiger partial charge on any atom is 0.132 e. The molecule has 3 rings (SSSR count). The fraction of sp³-hybridized carbons (Fsp3) is 0.133. The minimum atomic E-state index is -0.228. The SMILES string of the molecule is CC(Cl)c1nc2cc(Cl)c(Cl)cc2n1-c1ccc(I)cc1. The molecule has 0 amide bonds. The van der Waals surface area contributed by atoms with Gasteiger partial charge in [-0.15, -0.1) is 11.6 Å². The van der Waals surface area contributed by atoms with Crippen molar-refractivity contribution in [2.24, 2.45) is 0 Å². The van der Waals surface area contributed by atoms with Gasteiger partial charge in [-0.3, -0.25) is 4.57 Å². The summed E-state index contributed by atoms with van der Waals surface area (Å²) in [6.07, 6.45) is 0. The quantitative estimate of drug-likeness (QED) is 0.333.